The predicted molar refractivity (Wildman–Crippen MR) is 68.4 cm³/mol. The zero-order valence-electron chi connectivity index (χ0n) is 11.3. The summed E-state index contributed by atoms with van der Waals surface area (Å²) in [6.07, 6.45) is 4.10. The Kier molecular flexibility index (Phi) is 4.12. The van der Waals surface area contributed by atoms with Gasteiger partial charge in [0.25, 0.3) is 0 Å². The van der Waals surface area contributed by atoms with E-state index >= 15 is 0 Å². The van der Waals surface area contributed by atoms with Crippen LogP contribution in [0.5, 0.6) is 0 Å². The maximum Gasteiger partial charge on any atom is 0.317 e. The van der Waals surface area contributed by atoms with E-state index in [-0.39, 0.29) is 18.2 Å². The third-order valence-electron chi connectivity index (χ3n) is 3.83. The SMILES string of the molecule is CC(C)(O)[C@@H]1CCCN1C(=O)NC[C@@H]1CCCO1. The highest BCUT2D eigenvalue weighted by molar-refractivity contribution is 5.75. The lowest BCUT2D eigenvalue weighted by Crippen LogP contribution is -2.52. The minimum absolute atomic E-state index is 0.0740. The van der Waals surface area contributed by atoms with E-state index in [0.29, 0.717) is 6.54 Å². The molecule has 0 aromatic heterocycles. The van der Waals surface area contributed by atoms with Gasteiger partial charge in [0.05, 0.1) is 17.7 Å². The van der Waals surface area contributed by atoms with E-state index in [9.17, 15) is 9.90 Å². The molecule has 0 aromatic rings. The summed E-state index contributed by atoms with van der Waals surface area (Å²) in [6.45, 7) is 5.64. The Labute approximate surface area is 108 Å². The molecule has 0 bridgehead atoms. The van der Waals surface area contributed by atoms with Crippen molar-refractivity contribution >= 4 is 6.03 Å². The number of aliphatic hydroxyl groups is 1. The molecular weight excluding hydrogens is 232 g/mol. The zero-order chi connectivity index (χ0) is 13.2. The number of ether oxygens (including phenoxy) is 1. The second kappa shape index (κ2) is 5.45. The Hall–Kier alpha value is -0.810. The number of nitrogens with one attached hydrogen (secondary N) is 1. The molecule has 0 aromatic carbocycles. The van der Waals surface area contributed by atoms with Crippen LogP contribution >= 0.6 is 0 Å². The summed E-state index contributed by atoms with van der Waals surface area (Å²) in [6, 6.07) is -0.155. The predicted octanol–water partition coefficient (Wildman–Crippen LogP) is 1.11. The van der Waals surface area contributed by atoms with Crippen molar-refractivity contribution in [3.05, 3.63) is 0 Å². The Morgan fingerprint density at radius 1 is 1.44 bits per heavy atom. The first-order valence-corrected chi connectivity index (χ1v) is 6.87. The van der Waals surface area contributed by atoms with E-state index in [1.807, 2.05) is 0 Å². The number of rotatable bonds is 3. The molecule has 2 aliphatic rings. The summed E-state index contributed by atoms with van der Waals surface area (Å²) in [4.78, 5) is 13.9. The van der Waals surface area contributed by atoms with Gasteiger partial charge in [-0.05, 0) is 39.5 Å². The molecule has 18 heavy (non-hydrogen) atoms. The minimum atomic E-state index is -0.836. The van der Waals surface area contributed by atoms with Crippen LogP contribution in [-0.4, -0.2) is 53.5 Å². The van der Waals surface area contributed by atoms with Crippen LogP contribution in [0.2, 0.25) is 0 Å². The van der Waals surface area contributed by atoms with Crippen LogP contribution in [0.3, 0.4) is 0 Å². The number of nitrogens with zero attached hydrogens (tertiary/aromatic N) is 1. The largest absolute Gasteiger partial charge is 0.388 e. The van der Waals surface area contributed by atoms with Crippen LogP contribution in [0.4, 0.5) is 4.79 Å². The van der Waals surface area contributed by atoms with E-state index in [4.69, 9.17) is 4.74 Å². The van der Waals surface area contributed by atoms with Gasteiger partial charge in [-0.1, -0.05) is 0 Å². The second-order valence-corrected chi connectivity index (χ2v) is 5.83. The van der Waals surface area contributed by atoms with Crippen LogP contribution in [0.15, 0.2) is 0 Å². The fraction of sp³-hybridized carbons (Fsp3) is 0.923. The second-order valence-electron chi connectivity index (χ2n) is 5.83. The van der Waals surface area contributed by atoms with Crippen LogP contribution in [-0.2, 0) is 4.74 Å². The maximum absolute atomic E-state index is 12.1. The van der Waals surface area contributed by atoms with Crippen molar-refractivity contribution in [2.24, 2.45) is 0 Å². The van der Waals surface area contributed by atoms with Gasteiger partial charge in [0.15, 0.2) is 0 Å². The summed E-state index contributed by atoms with van der Waals surface area (Å²) in [7, 11) is 0. The summed E-state index contributed by atoms with van der Waals surface area (Å²) in [5.74, 6) is 0. The molecule has 104 valence electrons. The minimum Gasteiger partial charge on any atom is -0.388 e. The number of urea groups is 1. The lowest BCUT2D eigenvalue weighted by atomic mass is 9.97. The monoisotopic (exact) mass is 256 g/mol. The number of carbonyl (C=O) groups is 1. The highest BCUT2D eigenvalue weighted by atomic mass is 16.5. The van der Waals surface area contributed by atoms with Crippen LogP contribution < -0.4 is 5.32 Å². The fourth-order valence-electron chi connectivity index (χ4n) is 2.85. The highest BCUT2D eigenvalue weighted by Crippen LogP contribution is 2.26. The molecule has 2 aliphatic heterocycles. The Morgan fingerprint density at radius 2 is 2.22 bits per heavy atom. The Balaban J connectivity index is 1.83. The molecule has 2 amide bonds. The normalized spacial score (nSPS) is 28.7. The molecule has 2 atom stereocenters. The first kappa shape index (κ1) is 13.6. The molecule has 0 unspecified atom stereocenters. The van der Waals surface area contributed by atoms with E-state index in [0.717, 1.165) is 38.8 Å². The van der Waals surface area contributed by atoms with Gasteiger partial charge in [0, 0.05) is 19.7 Å². The van der Waals surface area contributed by atoms with Gasteiger partial charge in [-0.3, -0.25) is 0 Å². The number of amides is 2. The van der Waals surface area contributed by atoms with Crippen LogP contribution in [0.1, 0.15) is 39.5 Å². The van der Waals surface area contributed by atoms with Crippen molar-refractivity contribution in [2.45, 2.75) is 57.3 Å². The van der Waals surface area contributed by atoms with Gasteiger partial charge >= 0.3 is 6.03 Å². The van der Waals surface area contributed by atoms with Crippen molar-refractivity contribution in [3.8, 4) is 0 Å². The average molecular weight is 256 g/mol. The van der Waals surface area contributed by atoms with Gasteiger partial charge in [0.2, 0.25) is 0 Å². The smallest absolute Gasteiger partial charge is 0.317 e. The molecule has 2 heterocycles. The van der Waals surface area contributed by atoms with Crippen LogP contribution in [0, 0.1) is 0 Å². The van der Waals surface area contributed by atoms with E-state index in [1.54, 1.807) is 18.7 Å². The van der Waals surface area contributed by atoms with Gasteiger partial charge in [-0.25, -0.2) is 4.79 Å². The van der Waals surface area contributed by atoms with Gasteiger partial charge in [-0.2, -0.15) is 0 Å². The molecular formula is C13H24N2O3. The van der Waals surface area contributed by atoms with Crippen molar-refractivity contribution in [3.63, 3.8) is 0 Å². The van der Waals surface area contributed by atoms with Crippen molar-refractivity contribution in [1.82, 2.24) is 10.2 Å². The molecule has 0 spiro atoms. The number of hydrogen-bond donors (Lipinski definition) is 2. The molecule has 2 saturated heterocycles. The maximum atomic E-state index is 12.1. The quantitative estimate of drug-likeness (QED) is 0.795. The van der Waals surface area contributed by atoms with Gasteiger partial charge < -0.3 is 20.1 Å². The van der Waals surface area contributed by atoms with Crippen molar-refractivity contribution in [2.75, 3.05) is 19.7 Å². The number of carbonyl (C=O) groups excluding carboxylic acids is 1. The third-order valence-corrected chi connectivity index (χ3v) is 3.83. The molecule has 0 radical (unpaired) electrons. The number of hydrogen-bond acceptors (Lipinski definition) is 3. The molecule has 0 aliphatic carbocycles. The highest BCUT2D eigenvalue weighted by Gasteiger charge is 2.38. The third kappa shape index (κ3) is 3.14. The lowest BCUT2D eigenvalue weighted by Gasteiger charge is -2.34. The number of likely N-dealkylation sites (tertiary alicyclic amines) is 1. The molecule has 0 saturated carbocycles. The Morgan fingerprint density at radius 3 is 2.83 bits per heavy atom. The molecule has 2 rings (SSSR count). The standard InChI is InChI=1S/C13H24N2O3/c1-13(2,17)11-6-3-7-15(11)12(16)14-9-10-5-4-8-18-10/h10-11,17H,3-9H2,1-2H3,(H,14,16)/t10-,11-/m0/s1. The van der Waals surface area contributed by atoms with Crippen LogP contribution in [0.25, 0.3) is 0 Å². The lowest BCUT2D eigenvalue weighted by molar-refractivity contribution is 0.00929. The van der Waals surface area contributed by atoms with E-state index < -0.39 is 5.60 Å². The molecule has 2 fully saturated rings. The van der Waals surface area contributed by atoms with Gasteiger partial charge in [-0.15, -0.1) is 0 Å². The fourth-order valence-corrected chi connectivity index (χ4v) is 2.85. The topological polar surface area (TPSA) is 61.8 Å². The summed E-state index contributed by atoms with van der Waals surface area (Å²) in [5, 5.41) is 13.0. The zero-order valence-corrected chi connectivity index (χ0v) is 11.3. The first-order valence-electron chi connectivity index (χ1n) is 6.87. The molecule has 5 heteroatoms. The average Bonchev–Trinajstić information content (AvgIpc) is 2.95. The first-order chi connectivity index (χ1) is 8.48. The summed E-state index contributed by atoms with van der Waals surface area (Å²) >= 11 is 0. The van der Waals surface area contributed by atoms with Gasteiger partial charge in [0.1, 0.15) is 0 Å². The summed E-state index contributed by atoms with van der Waals surface area (Å²) < 4.78 is 5.48. The molecule has 5 nitrogen and oxygen atoms in total. The van der Waals surface area contributed by atoms with E-state index in [1.165, 1.54) is 0 Å². The summed E-state index contributed by atoms with van der Waals surface area (Å²) in [5.41, 5.74) is -0.836. The van der Waals surface area contributed by atoms with Crippen molar-refractivity contribution < 1.29 is 14.6 Å². The molecule has 2 N–H and O–H groups in total. The van der Waals surface area contributed by atoms with E-state index in [2.05, 4.69) is 5.32 Å². The van der Waals surface area contributed by atoms with Crippen molar-refractivity contribution in [1.29, 1.82) is 0 Å². The Bertz CT molecular complexity index is 295.